The topological polar surface area (TPSA) is 23.6 Å². The van der Waals surface area contributed by atoms with Gasteiger partial charge in [0.1, 0.15) is 0 Å². The number of rotatable bonds is 2. The maximum absolute atomic E-state index is 11.6. The minimum Gasteiger partial charge on any atom is -0.341 e. The fraction of sp³-hybridized carbons (Fsp3) is 0.900. The molecule has 0 aromatic rings. The van der Waals surface area contributed by atoms with Crippen LogP contribution in [-0.2, 0) is 4.79 Å². The standard InChI is InChI=1S/C10H20N2O/c1-10(2,3)11(4)8-9(13)12-6-5-7-12/h5-8H2,1-4H3. The molecular formula is C10H20N2O. The highest BCUT2D eigenvalue weighted by Gasteiger charge is 2.25. The lowest BCUT2D eigenvalue weighted by molar-refractivity contribution is -0.136. The number of hydrogen-bond acceptors (Lipinski definition) is 2. The molecule has 1 amide bonds. The minimum atomic E-state index is 0.0839. The van der Waals surface area contributed by atoms with Gasteiger partial charge in [-0.15, -0.1) is 0 Å². The smallest absolute Gasteiger partial charge is 0.236 e. The molecule has 76 valence electrons. The van der Waals surface area contributed by atoms with Crippen LogP contribution in [-0.4, -0.2) is 47.9 Å². The Labute approximate surface area is 80.7 Å². The Kier molecular flexibility index (Phi) is 2.96. The molecule has 1 fully saturated rings. The molecule has 0 unspecified atom stereocenters. The van der Waals surface area contributed by atoms with Gasteiger partial charge >= 0.3 is 0 Å². The molecule has 13 heavy (non-hydrogen) atoms. The maximum atomic E-state index is 11.6. The molecule has 1 aliphatic heterocycles. The van der Waals surface area contributed by atoms with E-state index < -0.39 is 0 Å². The predicted octanol–water partition coefficient (Wildman–Crippen LogP) is 0.949. The number of nitrogens with zero attached hydrogens (tertiary/aromatic N) is 2. The van der Waals surface area contributed by atoms with E-state index >= 15 is 0 Å². The van der Waals surface area contributed by atoms with Crippen LogP contribution in [0.15, 0.2) is 0 Å². The van der Waals surface area contributed by atoms with E-state index in [4.69, 9.17) is 0 Å². The number of hydrogen-bond donors (Lipinski definition) is 0. The summed E-state index contributed by atoms with van der Waals surface area (Å²) in [5, 5.41) is 0. The van der Waals surface area contributed by atoms with Gasteiger partial charge in [0.2, 0.25) is 5.91 Å². The molecule has 0 aromatic heterocycles. The molecular weight excluding hydrogens is 164 g/mol. The van der Waals surface area contributed by atoms with Crippen molar-refractivity contribution in [1.29, 1.82) is 0 Å². The number of amides is 1. The lowest BCUT2D eigenvalue weighted by Gasteiger charge is -2.36. The predicted molar refractivity (Wildman–Crippen MR) is 53.6 cm³/mol. The molecule has 0 saturated carbocycles. The molecule has 0 N–H and O–H groups in total. The first kappa shape index (κ1) is 10.5. The third-order valence-electron chi connectivity index (χ3n) is 2.73. The summed E-state index contributed by atoms with van der Waals surface area (Å²) >= 11 is 0. The summed E-state index contributed by atoms with van der Waals surface area (Å²) in [5.74, 6) is 0.267. The summed E-state index contributed by atoms with van der Waals surface area (Å²) in [6.07, 6.45) is 1.17. The quantitative estimate of drug-likeness (QED) is 0.638. The van der Waals surface area contributed by atoms with Crippen LogP contribution in [0.4, 0.5) is 0 Å². The second-order valence-corrected chi connectivity index (χ2v) is 4.76. The number of likely N-dealkylation sites (N-methyl/N-ethyl adjacent to an activating group) is 1. The van der Waals surface area contributed by atoms with Crippen LogP contribution < -0.4 is 0 Å². The van der Waals surface area contributed by atoms with Crippen LogP contribution in [0.3, 0.4) is 0 Å². The van der Waals surface area contributed by atoms with Gasteiger partial charge in [-0.2, -0.15) is 0 Å². The number of carbonyl (C=O) groups is 1. The average Bonchev–Trinajstić information content (AvgIpc) is 1.79. The molecule has 0 spiro atoms. The van der Waals surface area contributed by atoms with Crippen LogP contribution in [0.1, 0.15) is 27.2 Å². The van der Waals surface area contributed by atoms with Gasteiger partial charge in [-0.05, 0) is 34.2 Å². The number of carbonyl (C=O) groups excluding carboxylic acids is 1. The van der Waals surface area contributed by atoms with Crippen molar-refractivity contribution in [2.45, 2.75) is 32.7 Å². The maximum Gasteiger partial charge on any atom is 0.236 e. The van der Waals surface area contributed by atoms with E-state index in [9.17, 15) is 4.79 Å². The lowest BCUT2D eigenvalue weighted by Crippen LogP contribution is -2.50. The SMILES string of the molecule is CN(CC(=O)N1CCC1)C(C)(C)C. The van der Waals surface area contributed by atoms with Crippen molar-refractivity contribution in [3.63, 3.8) is 0 Å². The van der Waals surface area contributed by atoms with Crippen molar-refractivity contribution in [2.24, 2.45) is 0 Å². The van der Waals surface area contributed by atoms with Crippen molar-refractivity contribution in [1.82, 2.24) is 9.80 Å². The van der Waals surface area contributed by atoms with Crippen molar-refractivity contribution in [3.05, 3.63) is 0 Å². The van der Waals surface area contributed by atoms with Gasteiger partial charge in [0.05, 0.1) is 6.54 Å². The summed E-state index contributed by atoms with van der Waals surface area (Å²) < 4.78 is 0. The van der Waals surface area contributed by atoms with E-state index in [1.807, 2.05) is 11.9 Å². The number of likely N-dealkylation sites (tertiary alicyclic amines) is 1. The zero-order chi connectivity index (χ0) is 10.1. The molecule has 3 heteroatoms. The highest BCUT2D eigenvalue weighted by atomic mass is 16.2. The molecule has 1 aliphatic rings. The Hall–Kier alpha value is -0.570. The Morgan fingerprint density at radius 2 is 1.92 bits per heavy atom. The van der Waals surface area contributed by atoms with Crippen molar-refractivity contribution in [2.75, 3.05) is 26.7 Å². The third kappa shape index (κ3) is 2.69. The van der Waals surface area contributed by atoms with Crippen molar-refractivity contribution >= 4 is 5.91 Å². The van der Waals surface area contributed by atoms with Gasteiger partial charge in [0.25, 0.3) is 0 Å². The van der Waals surface area contributed by atoms with Crippen LogP contribution >= 0.6 is 0 Å². The summed E-state index contributed by atoms with van der Waals surface area (Å²) in [6.45, 7) is 8.82. The Balaban J connectivity index is 2.35. The zero-order valence-electron chi connectivity index (χ0n) is 9.13. The highest BCUT2D eigenvalue weighted by Crippen LogP contribution is 2.12. The van der Waals surface area contributed by atoms with E-state index in [1.54, 1.807) is 0 Å². The second kappa shape index (κ2) is 3.66. The molecule has 1 rings (SSSR count). The fourth-order valence-electron chi connectivity index (χ4n) is 1.11. The van der Waals surface area contributed by atoms with Crippen LogP contribution in [0.25, 0.3) is 0 Å². The molecule has 1 saturated heterocycles. The van der Waals surface area contributed by atoms with Gasteiger partial charge in [-0.25, -0.2) is 0 Å². The first-order valence-corrected chi connectivity index (χ1v) is 4.90. The van der Waals surface area contributed by atoms with Gasteiger partial charge in [0, 0.05) is 18.6 Å². The monoisotopic (exact) mass is 184 g/mol. The van der Waals surface area contributed by atoms with E-state index in [0.717, 1.165) is 13.1 Å². The van der Waals surface area contributed by atoms with Gasteiger partial charge in [-0.3, -0.25) is 9.69 Å². The van der Waals surface area contributed by atoms with Crippen LogP contribution in [0.5, 0.6) is 0 Å². The zero-order valence-corrected chi connectivity index (χ0v) is 9.13. The summed E-state index contributed by atoms with van der Waals surface area (Å²) in [7, 11) is 2.00. The van der Waals surface area contributed by atoms with E-state index in [-0.39, 0.29) is 11.4 Å². The Bertz CT molecular complexity index is 192. The lowest BCUT2D eigenvalue weighted by atomic mass is 10.1. The summed E-state index contributed by atoms with van der Waals surface area (Å²) in [5.41, 5.74) is 0.0839. The largest absolute Gasteiger partial charge is 0.341 e. The summed E-state index contributed by atoms with van der Waals surface area (Å²) in [4.78, 5) is 15.6. The fourth-order valence-corrected chi connectivity index (χ4v) is 1.11. The summed E-state index contributed by atoms with van der Waals surface area (Å²) in [6, 6.07) is 0. The third-order valence-corrected chi connectivity index (χ3v) is 2.73. The molecule has 0 radical (unpaired) electrons. The second-order valence-electron chi connectivity index (χ2n) is 4.76. The first-order valence-electron chi connectivity index (χ1n) is 4.90. The first-order chi connectivity index (χ1) is 5.91. The normalized spacial score (nSPS) is 17.5. The molecule has 0 atom stereocenters. The Morgan fingerprint density at radius 1 is 1.38 bits per heavy atom. The molecule has 3 nitrogen and oxygen atoms in total. The molecule has 1 heterocycles. The van der Waals surface area contributed by atoms with Gasteiger partial charge in [-0.1, -0.05) is 0 Å². The minimum absolute atomic E-state index is 0.0839. The molecule has 0 bridgehead atoms. The van der Waals surface area contributed by atoms with Crippen LogP contribution in [0, 0.1) is 0 Å². The van der Waals surface area contributed by atoms with Gasteiger partial charge in [0.15, 0.2) is 0 Å². The van der Waals surface area contributed by atoms with Crippen molar-refractivity contribution < 1.29 is 4.79 Å². The van der Waals surface area contributed by atoms with Crippen molar-refractivity contribution in [3.8, 4) is 0 Å². The Morgan fingerprint density at radius 3 is 2.23 bits per heavy atom. The van der Waals surface area contributed by atoms with Gasteiger partial charge < -0.3 is 4.90 Å². The highest BCUT2D eigenvalue weighted by molar-refractivity contribution is 5.78. The van der Waals surface area contributed by atoms with Crippen LogP contribution in [0.2, 0.25) is 0 Å². The van der Waals surface area contributed by atoms with E-state index in [0.29, 0.717) is 6.54 Å². The molecule has 0 aliphatic carbocycles. The average molecular weight is 184 g/mol. The molecule has 0 aromatic carbocycles. The van der Waals surface area contributed by atoms with E-state index in [1.165, 1.54) is 6.42 Å². The van der Waals surface area contributed by atoms with E-state index in [2.05, 4.69) is 25.7 Å².